The van der Waals surface area contributed by atoms with Gasteiger partial charge in [0.1, 0.15) is 6.10 Å². The second kappa shape index (κ2) is 7.60. The molecule has 1 rings (SSSR count). The number of hydrogen-bond donors (Lipinski definition) is 2. The quantitative estimate of drug-likeness (QED) is 0.707. The van der Waals surface area contributed by atoms with E-state index in [-0.39, 0.29) is 5.60 Å². The standard InChI is InChI=1S/C15H25NO3/c1-15(2,18-3)8-9-19-11-14(17)13-6-4-12(10-16)5-7-13/h4-7,14,17H,8-11,16H2,1-3H3. The molecule has 1 atom stereocenters. The van der Waals surface area contributed by atoms with E-state index in [2.05, 4.69) is 0 Å². The molecule has 0 bridgehead atoms. The summed E-state index contributed by atoms with van der Waals surface area (Å²) < 4.78 is 10.8. The largest absolute Gasteiger partial charge is 0.386 e. The van der Waals surface area contributed by atoms with Crippen LogP contribution >= 0.6 is 0 Å². The highest BCUT2D eigenvalue weighted by atomic mass is 16.5. The fourth-order valence-corrected chi connectivity index (χ4v) is 1.59. The van der Waals surface area contributed by atoms with Crippen molar-refractivity contribution in [3.8, 4) is 0 Å². The molecule has 0 fully saturated rings. The molecule has 0 spiro atoms. The summed E-state index contributed by atoms with van der Waals surface area (Å²) in [7, 11) is 1.69. The molecule has 0 aromatic heterocycles. The third kappa shape index (κ3) is 5.70. The molecule has 0 radical (unpaired) electrons. The first-order valence-corrected chi connectivity index (χ1v) is 6.58. The summed E-state index contributed by atoms with van der Waals surface area (Å²) >= 11 is 0. The van der Waals surface area contributed by atoms with Crippen LogP contribution in [-0.2, 0) is 16.0 Å². The Balaban J connectivity index is 2.32. The summed E-state index contributed by atoms with van der Waals surface area (Å²) in [6.45, 7) is 5.40. The number of aliphatic hydroxyl groups is 1. The maximum Gasteiger partial charge on any atom is 0.102 e. The van der Waals surface area contributed by atoms with E-state index in [1.54, 1.807) is 7.11 Å². The zero-order valence-electron chi connectivity index (χ0n) is 12.1. The van der Waals surface area contributed by atoms with Gasteiger partial charge in [-0.3, -0.25) is 0 Å². The van der Waals surface area contributed by atoms with Gasteiger partial charge in [-0.1, -0.05) is 24.3 Å². The maximum atomic E-state index is 9.98. The summed E-state index contributed by atoms with van der Waals surface area (Å²) in [5.41, 5.74) is 7.25. The minimum Gasteiger partial charge on any atom is -0.386 e. The highest BCUT2D eigenvalue weighted by Gasteiger charge is 2.16. The molecule has 19 heavy (non-hydrogen) atoms. The smallest absolute Gasteiger partial charge is 0.102 e. The van der Waals surface area contributed by atoms with Crippen molar-refractivity contribution in [2.75, 3.05) is 20.3 Å². The summed E-state index contributed by atoms with van der Waals surface area (Å²) in [4.78, 5) is 0. The summed E-state index contributed by atoms with van der Waals surface area (Å²) in [5.74, 6) is 0. The van der Waals surface area contributed by atoms with Gasteiger partial charge in [0.25, 0.3) is 0 Å². The highest BCUT2D eigenvalue weighted by Crippen LogP contribution is 2.16. The Morgan fingerprint density at radius 3 is 2.42 bits per heavy atom. The fourth-order valence-electron chi connectivity index (χ4n) is 1.59. The minimum absolute atomic E-state index is 0.187. The van der Waals surface area contributed by atoms with Crippen molar-refractivity contribution in [3.63, 3.8) is 0 Å². The predicted octanol–water partition coefficient (Wildman–Crippen LogP) is 2.01. The van der Waals surface area contributed by atoms with E-state index in [4.69, 9.17) is 15.2 Å². The van der Waals surface area contributed by atoms with E-state index in [1.807, 2.05) is 38.1 Å². The fraction of sp³-hybridized carbons (Fsp3) is 0.600. The second-order valence-corrected chi connectivity index (χ2v) is 5.25. The average molecular weight is 267 g/mol. The number of hydrogen-bond acceptors (Lipinski definition) is 4. The normalized spacial score (nSPS) is 13.5. The topological polar surface area (TPSA) is 64.7 Å². The Morgan fingerprint density at radius 2 is 1.89 bits per heavy atom. The monoisotopic (exact) mass is 267 g/mol. The molecule has 1 aromatic carbocycles. The van der Waals surface area contributed by atoms with Crippen LogP contribution in [0.1, 0.15) is 37.5 Å². The third-order valence-corrected chi connectivity index (χ3v) is 3.28. The van der Waals surface area contributed by atoms with Crippen molar-refractivity contribution in [2.24, 2.45) is 5.73 Å². The van der Waals surface area contributed by atoms with Crippen molar-refractivity contribution >= 4 is 0 Å². The van der Waals surface area contributed by atoms with Crippen molar-refractivity contribution in [1.29, 1.82) is 0 Å². The molecule has 3 N–H and O–H groups in total. The third-order valence-electron chi connectivity index (χ3n) is 3.28. The van der Waals surface area contributed by atoms with E-state index < -0.39 is 6.10 Å². The Labute approximate surface area is 115 Å². The van der Waals surface area contributed by atoms with Crippen molar-refractivity contribution in [2.45, 2.75) is 38.5 Å². The first kappa shape index (κ1) is 16.1. The molecule has 1 aromatic rings. The number of nitrogens with two attached hydrogens (primary N) is 1. The van der Waals surface area contributed by atoms with Gasteiger partial charge >= 0.3 is 0 Å². The number of ether oxygens (including phenoxy) is 2. The number of benzene rings is 1. The van der Waals surface area contributed by atoms with Gasteiger partial charge in [-0.05, 0) is 31.4 Å². The van der Waals surface area contributed by atoms with E-state index in [1.165, 1.54) is 0 Å². The molecular formula is C15H25NO3. The Kier molecular flexibility index (Phi) is 6.45. The predicted molar refractivity (Wildman–Crippen MR) is 75.8 cm³/mol. The van der Waals surface area contributed by atoms with Crippen LogP contribution in [0.3, 0.4) is 0 Å². The highest BCUT2D eigenvalue weighted by molar-refractivity contribution is 5.23. The van der Waals surface area contributed by atoms with Crippen molar-refractivity contribution < 1.29 is 14.6 Å². The number of aliphatic hydroxyl groups excluding tert-OH is 1. The number of rotatable bonds is 8. The van der Waals surface area contributed by atoms with Crippen LogP contribution in [0, 0.1) is 0 Å². The Bertz CT molecular complexity index is 362. The molecule has 0 heterocycles. The molecule has 0 saturated heterocycles. The maximum absolute atomic E-state index is 9.98. The molecule has 0 aliphatic rings. The van der Waals surface area contributed by atoms with Crippen LogP contribution in [0.25, 0.3) is 0 Å². The molecular weight excluding hydrogens is 242 g/mol. The molecule has 4 nitrogen and oxygen atoms in total. The molecule has 1 unspecified atom stereocenters. The van der Waals surface area contributed by atoms with Crippen molar-refractivity contribution in [3.05, 3.63) is 35.4 Å². The van der Waals surface area contributed by atoms with Crippen LogP contribution in [0.15, 0.2) is 24.3 Å². The molecule has 0 aliphatic carbocycles. The lowest BCUT2D eigenvalue weighted by Gasteiger charge is -2.22. The van der Waals surface area contributed by atoms with Crippen LogP contribution < -0.4 is 5.73 Å². The zero-order valence-corrected chi connectivity index (χ0v) is 12.1. The Morgan fingerprint density at radius 1 is 1.26 bits per heavy atom. The lowest BCUT2D eigenvalue weighted by Crippen LogP contribution is -2.25. The minimum atomic E-state index is -0.600. The van der Waals surface area contributed by atoms with Gasteiger partial charge in [-0.15, -0.1) is 0 Å². The van der Waals surface area contributed by atoms with Gasteiger partial charge in [0, 0.05) is 20.3 Å². The SMILES string of the molecule is COC(C)(C)CCOCC(O)c1ccc(CN)cc1. The molecule has 4 heteroatoms. The zero-order chi connectivity index (χ0) is 14.3. The van der Waals surface area contributed by atoms with Crippen LogP contribution in [-0.4, -0.2) is 31.0 Å². The van der Waals surface area contributed by atoms with Gasteiger partial charge in [0.15, 0.2) is 0 Å². The lowest BCUT2D eigenvalue weighted by atomic mass is 10.1. The average Bonchev–Trinajstić information content (AvgIpc) is 2.43. The summed E-state index contributed by atoms with van der Waals surface area (Å²) in [5, 5.41) is 9.98. The van der Waals surface area contributed by atoms with Crippen LogP contribution in [0.4, 0.5) is 0 Å². The van der Waals surface area contributed by atoms with E-state index in [0.717, 1.165) is 17.5 Å². The van der Waals surface area contributed by atoms with Crippen LogP contribution in [0.2, 0.25) is 0 Å². The summed E-state index contributed by atoms with van der Waals surface area (Å²) in [6, 6.07) is 7.61. The second-order valence-electron chi connectivity index (χ2n) is 5.25. The van der Waals surface area contributed by atoms with Gasteiger partial charge < -0.3 is 20.3 Å². The van der Waals surface area contributed by atoms with Gasteiger partial charge in [0.2, 0.25) is 0 Å². The number of methoxy groups -OCH3 is 1. The van der Waals surface area contributed by atoms with Crippen LogP contribution in [0.5, 0.6) is 0 Å². The summed E-state index contributed by atoms with van der Waals surface area (Å²) in [6.07, 6.45) is 0.194. The molecule has 0 aliphatic heterocycles. The molecule has 0 amide bonds. The van der Waals surface area contributed by atoms with Gasteiger partial charge in [-0.2, -0.15) is 0 Å². The molecule has 0 saturated carbocycles. The van der Waals surface area contributed by atoms with E-state index in [0.29, 0.717) is 19.8 Å². The Hall–Kier alpha value is -0.940. The van der Waals surface area contributed by atoms with Crippen molar-refractivity contribution in [1.82, 2.24) is 0 Å². The van der Waals surface area contributed by atoms with Gasteiger partial charge in [-0.25, -0.2) is 0 Å². The first-order chi connectivity index (χ1) is 8.98. The van der Waals surface area contributed by atoms with E-state index >= 15 is 0 Å². The first-order valence-electron chi connectivity index (χ1n) is 6.58. The molecule has 108 valence electrons. The lowest BCUT2D eigenvalue weighted by molar-refractivity contribution is -0.0249. The van der Waals surface area contributed by atoms with Gasteiger partial charge in [0.05, 0.1) is 12.2 Å². The van der Waals surface area contributed by atoms with E-state index in [9.17, 15) is 5.11 Å².